The number of primary amides is 1. The van der Waals surface area contributed by atoms with Crippen LogP contribution < -0.4 is 5.73 Å². The predicted octanol–water partition coefficient (Wildman–Crippen LogP) is 0.874. The number of ketones is 1. The second-order valence-electron chi connectivity index (χ2n) is 2.34. The quantitative estimate of drug-likeness (QED) is 0.745. The van der Waals surface area contributed by atoms with E-state index in [1.54, 1.807) is 0 Å². The second kappa shape index (κ2) is 3.35. The lowest BCUT2D eigenvalue weighted by atomic mass is 10.1. The minimum absolute atomic E-state index is 3.02. The van der Waals surface area contributed by atoms with E-state index in [1.807, 2.05) is 0 Å². The van der Waals surface area contributed by atoms with Crippen molar-refractivity contribution in [3.63, 3.8) is 0 Å². The van der Waals surface area contributed by atoms with Gasteiger partial charge in [0.2, 0.25) is 0 Å². The second-order valence-corrected chi connectivity index (χ2v) is 2.34. The van der Waals surface area contributed by atoms with Gasteiger partial charge in [0.15, 0.2) is 0 Å². The van der Waals surface area contributed by atoms with E-state index in [1.165, 1.54) is 0 Å². The molecule has 88 valence electrons. The van der Waals surface area contributed by atoms with E-state index < -0.39 is 29.7 Å². The van der Waals surface area contributed by atoms with Crippen LogP contribution in [0.4, 0.5) is 30.7 Å². The molecule has 0 atom stereocenters. The molecule has 0 fully saturated rings. The third kappa shape index (κ3) is 2.18. The molecule has 2 N–H and O–H groups in total. The first-order valence-corrected chi connectivity index (χ1v) is 3.02. The molecule has 0 aliphatic rings. The number of amides is 1. The summed E-state index contributed by atoms with van der Waals surface area (Å²) in [6, 6.07) is 0. The Morgan fingerprint density at radius 3 is 1.33 bits per heavy atom. The highest BCUT2D eigenvalue weighted by Crippen LogP contribution is 2.39. The lowest BCUT2D eigenvalue weighted by molar-refractivity contribution is -0.234. The molecule has 0 saturated heterocycles. The van der Waals surface area contributed by atoms with Gasteiger partial charge >= 0.3 is 23.8 Å². The highest BCUT2D eigenvalue weighted by Gasteiger charge is 2.71. The number of carbonyl (C=O) groups excluding carboxylic acids is 2. The summed E-state index contributed by atoms with van der Waals surface area (Å²) in [6.07, 6.45) is -6.19. The molecule has 0 aliphatic heterocycles. The Kier molecular flexibility index (Phi) is 3.05. The van der Waals surface area contributed by atoms with E-state index in [0.29, 0.717) is 0 Å². The van der Waals surface area contributed by atoms with Gasteiger partial charge in [0, 0.05) is 0 Å². The van der Waals surface area contributed by atoms with Gasteiger partial charge in [-0.3, -0.25) is 9.59 Å². The summed E-state index contributed by atoms with van der Waals surface area (Å²) in [4.78, 5) is 19.6. The third-order valence-corrected chi connectivity index (χ3v) is 1.25. The Morgan fingerprint density at radius 1 is 0.800 bits per heavy atom. The van der Waals surface area contributed by atoms with Crippen LogP contribution in [0.15, 0.2) is 0 Å². The number of nitrogens with two attached hydrogens (primary N) is 1. The van der Waals surface area contributed by atoms with E-state index in [0.717, 1.165) is 0 Å². The lowest BCUT2D eigenvalue weighted by Gasteiger charge is -2.22. The van der Waals surface area contributed by atoms with Crippen molar-refractivity contribution in [3.8, 4) is 0 Å². The van der Waals surface area contributed by atoms with E-state index in [2.05, 4.69) is 5.73 Å². The zero-order valence-electron chi connectivity index (χ0n) is 6.54. The average Bonchev–Trinajstić information content (AvgIpc) is 2.00. The molecule has 0 bridgehead atoms. The minimum atomic E-state index is -6.21. The maximum absolute atomic E-state index is 12.2. The van der Waals surface area contributed by atoms with Gasteiger partial charge in [0.25, 0.3) is 5.91 Å². The molecular weight excluding hydrogens is 239 g/mol. The molecule has 0 rings (SSSR count). The molecule has 0 radical (unpaired) electrons. The van der Waals surface area contributed by atoms with Crippen LogP contribution in [0, 0.1) is 0 Å². The Hall–Kier alpha value is -1.35. The minimum Gasteiger partial charge on any atom is -0.364 e. The summed E-state index contributed by atoms with van der Waals surface area (Å²) in [5.74, 6) is -19.2. The van der Waals surface area contributed by atoms with E-state index in [9.17, 15) is 40.3 Å². The van der Waals surface area contributed by atoms with Gasteiger partial charge < -0.3 is 5.73 Å². The van der Waals surface area contributed by atoms with Crippen molar-refractivity contribution in [2.24, 2.45) is 5.73 Å². The Labute approximate surface area is 77.0 Å². The predicted molar refractivity (Wildman–Crippen MR) is 30.2 cm³/mol. The summed E-state index contributed by atoms with van der Waals surface area (Å²) in [5, 5.41) is 0. The van der Waals surface area contributed by atoms with Crippen LogP contribution in [0.5, 0.6) is 0 Å². The van der Waals surface area contributed by atoms with Crippen molar-refractivity contribution >= 4 is 11.7 Å². The molecule has 0 heterocycles. The van der Waals surface area contributed by atoms with Gasteiger partial charge in [-0.1, -0.05) is 0 Å². The Morgan fingerprint density at radius 2 is 1.13 bits per heavy atom. The van der Waals surface area contributed by atoms with Gasteiger partial charge in [0.05, 0.1) is 0 Å². The number of Topliss-reactive ketones (excluding diaryl/α,β-unsaturated/α-hetero) is 1. The van der Waals surface area contributed by atoms with Crippen LogP contribution in [0.3, 0.4) is 0 Å². The first kappa shape index (κ1) is 13.7. The maximum atomic E-state index is 12.2. The summed E-state index contributed by atoms with van der Waals surface area (Å²) in [7, 11) is 0. The fourth-order valence-electron chi connectivity index (χ4n) is 0.475. The van der Waals surface area contributed by atoms with Gasteiger partial charge in [-0.2, -0.15) is 30.7 Å². The number of halogens is 7. The topological polar surface area (TPSA) is 60.2 Å². The fourth-order valence-corrected chi connectivity index (χ4v) is 0.475. The average molecular weight is 241 g/mol. The van der Waals surface area contributed by atoms with Crippen LogP contribution in [0.25, 0.3) is 0 Å². The van der Waals surface area contributed by atoms with Crippen LogP contribution in [-0.4, -0.2) is 29.7 Å². The standard InChI is InChI=1S/C5H2F7NO2/c6-3(7,1(14)5(10,11)12)4(8,9)2(13)15/h(H2,13,15). The van der Waals surface area contributed by atoms with Crippen molar-refractivity contribution in [1.82, 2.24) is 0 Å². The number of hydrogen-bond donors (Lipinski definition) is 1. The van der Waals surface area contributed by atoms with Crippen molar-refractivity contribution in [2.45, 2.75) is 18.0 Å². The van der Waals surface area contributed by atoms with Crippen molar-refractivity contribution in [1.29, 1.82) is 0 Å². The zero-order valence-corrected chi connectivity index (χ0v) is 6.54. The van der Waals surface area contributed by atoms with Crippen molar-refractivity contribution < 1.29 is 40.3 Å². The molecule has 10 heteroatoms. The smallest absolute Gasteiger partial charge is 0.364 e. The summed E-state index contributed by atoms with van der Waals surface area (Å²) in [6.45, 7) is 0. The molecule has 0 aromatic heterocycles. The monoisotopic (exact) mass is 241 g/mol. The number of rotatable bonds is 3. The summed E-state index contributed by atoms with van der Waals surface area (Å²) < 4.78 is 83.0. The number of carbonyl (C=O) groups is 2. The van der Waals surface area contributed by atoms with E-state index in [-0.39, 0.29) is 0 Å². The van der Waals surface area contributed by atoms with Gasteiger partial charge in [-0.05, 0) is 0 Å². The molecule has 0 aliphatic carbocycles. The molecular formula is C5H2F7NO2. The molecule has 0 unspecified atom stereocenters. The molecule has 0 aromatic carbocycles. The molecule has 0 spiro atoms. The van der Waals surface area contributed by atoms with Crippen molar-refractivity contribution in [3.05, 3.63) is 0 Å². The lowest BCUT2D eigenvalue weighted by Crippen LogP contribution is -2.58. The SMILES string of the molecule is NC(=O)C(F)(F)C(F)(F)C(=O)C(F)(F)F. The summed E-state index contributed by atoms with van der Waals surface area (Å²) in [5.41, 5.74) is 3.75. The number of alkyl halides is 7. The Balaban J connectivity index is 5.33. The summed E-state index contributed by atoms with van der Waals surface area (Å²) >= 11 is 0. The zero-order chi connectivity index (χ0) is 12.7. The van der Waals surface area contributed by atoms with Crippen LogP contribution >= 0.6 is 0 Å². The first-order valence-electron chi connectivity index (χ1n) is 3.02. The van der Waals surface area contributed by atoms with E-state index >= 15 is 0 Å². The largest absolute Gasteiger partial charge is 0.456 e. The maximum Gasteiger partial charge on any atom is 0.456 e. The third-order valence-electron chi connectivity index (χ3n) is 1.25. The molecule has 0 saturated carbocycles. The van der Waals surface area contributed by atoms with Crippen LogP contribution in [-0.2, 0) is 9.59 Å². The van der Waals surface area contributed by atoms with Crippen LogP contribution in [0.1, 0.15) is 0 Å². The van der Waals surface area contributed by atoms with Gasteiger partial charge in [-0.25, -0.2) is 0 Å². The Bertz CT molecular complexity index is 294. The molecule has 15 heavy (non-hydrogen) atoms. The van der Waals surface area contributed by atoms with Crippen LogP contribution in [0.2, 0.25) is 0 Å². The molecule has 1 amide bonds. The van der Waals surface area contributed by atoms with Crippen molar-refractivity contribution in [2.75, 3.05) is 0 Å². The highest BCUT2D eigenvalue weighted by molar-refractivity contribution is 5.98. The fraction of sp³-hybridized carbons (Fsp3) is 0.600. The highest BCUT2D eigenvalue weighted by atomic mass is 19.4. The number of hydrogen-bond acceptors (Lipinski definition) is 2. The van der Waals surface area contributed by atoms with Gasteiger partial charge in [0.1, 0.15) is 0 Å². The van der Waals surface area contributed by atoms with Gasteiger partial charge in [-0.15, -0.1) is 0 Å². The first-order chi connectivity index (χ1) is 6.35. The molecule has 0 aromatic rings. The normalized spacial score (nSPS) is 13.8. The van der Waals surface area contributed by atoms with E-state index in [4.69, 9.17) is 0 Å². The molecule has 3 nitrogen and oxygen atoms in total.